The van der Waals surface area contributed by atoms with Gasteiger partial charge < -0.3 is 15.2 Å². The Hall–Kier alpha value is -1.68. The van der Waals surface area contributed by atoms with E-state index in [0.717, 1.165) is 6.42 Å². The van der Waals surface area contributed by atoms with Gasteiger partial charge in [0.2, 0.25) is 0 Å². The van der Waals surface area contributed by atoms with E-state index < -0.39 is 6.10 Å². The van der Waals surface area contributed by atoms with E-state index in [-0.39, 0.29) is 16.9 Å². The van der Waals surface area contributed by atoms with Gasteiger partial charge in [0.1, 0.15) is 0 Å². The van der Waals surface area contributed by atoms with Crippen molar-refractivity contribution in [2.75, 3.05) is 19.8 Å². The van der Waals surface area contributed by atoms with E-state index in [1.165, 1.54) is 11.1 Å². The minimum absolute atomic E-state index is 0.0180. The van der Waals surface area contributed by atoms with Gasteiger partial charge in [-0.25, -0.2) is 0 Å². The SMILES string of the molecule is CC(C)(C)CC(C)(C)NCC(O)COCC(c1ccccc1)c1ccccc1. The minimum Gasteiger partial charge on any atom is -0.389 e. The second kappa shape index (κ2) is 10.2. The average Bonchev–Trinajstić information content (AvgIpc) is 2.63. The monoisotopic (exact) mass is 383 g/mol. The van der Waals surface area contributed by atoms with Crippen LogP contribution in [0.3, 0.4) is 0 Å². The summed E-state index contributed by atoms with van der Waals surface area (Å²) in [5, 5.41) is 13.9. The van der Waals surface area contributed by atoms with Crippen LogP contribution >= 0.6 is 0 Å². The Balaban J connectivity index is 1.87. The molecule has 2 rings (SSSR count). The fourth-order valence-corrected chi connectivity index (χ4v) is 3.92. The largest absolute Gasteiger partial charge is 0.389 e. The summed E-state index contributed by atoms with van der Waals surface area (Å²) in [4.78, 5) is 0. The predicted molar refractivity (Wildman–Crippen MR) is 118 cm³/mol. The van der Waals surface area contributed by atoms with Gasteiger partial charge in [0.15, 0.2) is 0 Å². The van der Waals surface area contributed by atoms with Gasteiger partial charge in [-0.1, -0.05) is 81.4 Å². The second-order valence-electron chi connectivity index (χ2n) is 9.57. The number of benzene rings is 2. The van der Waals surface area contributed by atoms with Crippen molar-refractivity contribution in [3.8, 4) is 0 Å². The van der Waals surface area contributed by atoms with E-state index in [1.807, 2.05) is 12.1 Å². The number of rotatable bonds is 10. The van der Waals surface area contributed by atoms with Gasteiger partial charge in [-0.3, -0.25) is 0 Å². The van der Waals surface area contributed by atoms with Crippen LogP contribution < -0.4 is 5.32 Å². The van der Waals surface area contributed by atoms with Crippen molar-refractivity contribution in [1.82, 2.24) is 5.32 Å². The Kier molecular flexibility index (Phi) is 8.23. The van der Waals surface area contributed by atoms with Crippen LogP contribution in [-0.2, 0) is 4.74 Å². The standard InChI is InChI=1S/C25H37NO2/c1-24(2,3)19-25(4,5)26-16-22(27)17-28-18-23(20-12-8-6-9-13-20)21-14-10-7-11-15-21/h6-15,22-23,26-27H,16-19H2,1-5H3. The summed E-state index contributed by atoms with van der Waals surface area (Å²) in [5.74, 6) is 0.167. The van der Waals surface area contributed by atoms with Crippen molar-refractivity contribution < 1.29 is 9.84 Å². The molecule has 0 bridgehead atoms. The van der Waals surface area contributed by atoms with E-state index in [2.05, 4.69) is 88.5 Å². The molecule has 0 amide bonds. The van der Waals surface area contributed by atoms with Gasteiger partial charge >= 0.3 is 0 Å². The Bertz CT molecular complexity index is 637. The summed E-state index contributed by atoms with van der Waals surface area (Å²) < 4.78 is 5.94. The van der Waals surface area contributed by atoms with Crippen molar-refractivity contribution in [3.63, 3.8) is 0 Å². The van der Waals surface area contributed by atoms with Gasteiger partial charge in [0.05, 0.1) is 19.3 Å². The maximum Gasteiger partial charge on any atom is 0.0897 e. The summed E-state index contributed by atoms with van der Waals surface area (Å²) in [6.07, 6.45) is 0.518. The van der Waals surface area contributed by atoms with Crippen molar-refractivity contribution in [2.24, 2.45) is 5.41 Å². The normalized spacial score (nSPS) is 13.7. The first kappa shape index (κ1) is 22.6. The summed E-state index contributed by atoms with van der Waals surface area (Å²) in [5.41, 5.74) is 2.69. The summed E-state index contributed by atoms with van der Waals surface area (Å²) >= 11 is 0. The molecule has 0 saturated heterocycles. The lowest BCUT2D eigenvalue weighted by Crippen LogP contribution is -2.46. The molecule has 0 radical (unpaired) electrons. The zero-order valence-corrected chi connectivity index (χ0v) is 18.1. The van der Waals surface area contributed by atoms with E-state index in [0.29, 0.717) is 19.8 Å². The third-order valence-corrected chi connectivity index (χ3v) is 4.79. The fourth-order valence-electron chi connectivity index (χ4n) is 3.92. The fraction of sp³-hybridized carbons (Fsp3) is 0.520. The Morgan fingerprint density at radius 1 is 0.821 bits per heavy atom. The number of nitrogens with one attached hydrogen (secondary N) is 1. The molecule has 2 aromatic carbocycles. The van der Waals surface area contributed by atoms with Crippen LogP contribution in [0.4, 0.5) is 0 Å². The number of ether oxygens (including phenoxy) is 1. The quantitative estimate of drug-likeness (QED) is 0.607. The summed E-state index contributed by atoms with van der Waals surface area (Å²) in [6, 6.07) is 20.8. The molecule has 0 spiro atoms. The van der Waals surface area contributed by atoms with Crippen LogP contribution in [-0.4, -0.2) is 36.5 Å². The molecular formula is C25H37NO2. The van der Waals surface area contributed by atoms with E-state index in [4.69, 9.17) is 4.74 Å². The maximum absolute atomic E-state index is 10.4. The lowest BCUT2D eigenvalue weighted by Gasteiger charge is -2.34. The number of aliphatic hydroxyl groups excluding tert-OH is 1. The smallest absolute Gasteiger partial charge is 0.0897 e. The lowest BCUT2D eigenvalue weighted by atomic mass is 9.82. The first-order valence-corrected chi connectivity index (χ1v) is 10.3. The van der Waals surface area contributed by atoms with Gasteiger partial charge in [0, 0.05) is 18.0 Å². The van der Waals surface area contributed by atoms with E-state index >= 15 is 0 Å². The van der Waals surface area contributed by atoms with Crippen LogP contribution in [0.2, 0.25) is 0 Å². The Morgan fingerprint density at radius 3 is 1.79 bits per heavy atom. The molecule has 154 valence electrons. The third kappa shape index (κ3) is 8.14. The van der Waals surface area contributed by atoms with Crippen molar-refractivity contribution >= 4 is 0 Å². The molecule has 0 aliphatic heterocycles. The zero-order chi connectivity index (χ0) is 20.6. The van der Waals surface area contributed by atoms with Crippen LogP contribution in [0, 0.1) is 5.41 Å². The highest BCUT2D eigenvalue weighted by Crippen LogP contribution is 2.27. The first-order chi connectivity index (χ1) is 13.2. The molecule has 0 aliphatic carbocycles. The highest BCUT2D eigenvalue weighted by Gasteiger charge is 2.25. The van der Waals surface area contributed by atoms with Crippen molar-refractivity contribution in [3.05, 3.63) is 71.8 Å². The topological polar surface area (TPSA) is 41.5 Å². The molecule has 0 aromatic heterocycles. The Labute approximate surface area is 171 Å². The molecule has 1 atom stereocenters. The molecule has 0 aliphatic rings. The summed E-state index contributed by atoms with van der Waals surface area (Å²) in [7, 11) is 0. The highest BCUT2D eigenvalue weighted by molar-refractivity contribution is 5.32. The van der Waals surface area contributed by atoms with Crippen molar-refractivity contribution in [2.45, 2.75) is 58.6 Å². The van der Waals surface area contributed by atoms with Gasteiger partial charge in [-0.05, 0) is 36.8 Å². The molecule has 2 aromatic rings. The highest BCUT2D eigenvalue weighted by atomic mass is 16.5. The van der Waals surface area contributed by atoms with Crippen LogP contribution in [0.5, 0.6) is 0 Å². The molecule has 0 heterocycles. The molecule has 1 unspecified atom stereocenters. The first-order valence-electron chi connectivity index (χ1n) is 10.3. The molecule has 0 saturated carbocycles. The summed E-state index contributed by atoms with van der Waals surface area (Å²) in [6.45, 7) is 12.5. The number of hydrogen-bond acceptors (Lipinski definition) is 3. The molecule has 3 heteroatoms. The molecule has 2 N–H and O–H groups in total. The van der Waals surface area contributed by atoms with Gasteiger partial charge in [-0.2, -0.15) is 0 Å². The number of hydrogen-bond donors (Lipinski definition) is 2. The lowest BCUT2D eigenvalue weighted by molar-refractivity contribution is 0.0294. The van der Waals surface area contributed by atoms with Crippen LogP contribution in [0.25, 0.3) is 0 Å². The van der Waals surface area contributed by atoms with Gasteiger partial charge in [0.25, 0.3) is 0 Å². The molecule has 0 fully saturated rings. The molecule has 3 nitrogen and oxygen atoms in total. The number of aliphatic hydroxyl groups is 1. The average molecular weight is 384 g/mol. The van der Waals surface area contributed by atoms with E-state index in [9.17, 15) is 5.11 Å². The van der Waals surface area contributed by atoms with Gasteiger partial charge in [-0.15, -0.1) is 0 Å². The maximum atomic E-state index is 10.4. The van der Waals surface area contributed by atoms with Crippen LogP contribution in [0.1, 0.15) is 58.1 Å². The third-order valence-electron chi connectivity index (χ3n) is 4.79. The van der Waals surface area contributed by atoms with Crippen LogP contribution in [0.15, 0.2) is 60.7 Å². The zero-order valence-electron chi connectivity index (χ0n) is 18.1. The van der Waals surface area contributed by atoms with E-state index in [1.54, 1.807) is 0 Å². The second-order valence-corrected chi connectivity index (χ2v) is 9.57. The minimum atomic E-state index is -0.522. The molecule has 28 heavy (non-hydrogen) atoms. The molecular weight excluding hydrogens is 346 g/mol. The Morgan fingerprint density at radius 2 is 1.32 bits per heavy atom. The van der Waals surface area contributed by atoms with Crippen molar-refractivity contribution in [1.29, 1.82) is 0 Å². The number of β-amino-alcohol motifs (C(OH)–C–C–N with tert-alkyl or cyclic N) is 1. The predicted octanol–water partition coefficient (Wildman–Crippen LogP) is 5.00.